The van der Waals surface area contributed by atoms with Gasteiger partial charge in [0, 0.05) is 17.8 Å². The van der Waals surface area contributed by atoms with Crippen LogP contribution in [-0.2, 0) is 6.54 Å². The number of rotatable bonds is 9. The van der Waals surface area contributed by atoms with Crippen LogP contribution in [-0.4, -0.2) is 23.2 Å². The van der Waals surface area contributed by atoms with E-state index in [1.165, 1.54) is 5.56 Å². The van der Waals surface area contributed by atoms with Crippen LogP contribution in [0, 0.1) is 6.92 Å². The Bertz CT molecular complexity index is 874. The second-order valence-electron chi connectivity index (χ2n) is 6.12. The van der Waals surface area contributed by atoms with Crippen LogP contribution >= 0.6 is 0 Å². The number of ether oxygens (including phenoxy) is 3. The number of aromatic nitrogens is 2. The van der Waals surface area contributed by atoms with Crippen molar-refractivity contribution >= 4 is 5.69 Å². The number of anilines is 1. The number of para-hydroxylation sites is 1. The van der Waals surface area contributed by atoms with Crippen molar-refractivity contribution in [2.24, 2.45) is 0 Å². The predicted molar refractivity (Wildman–Crippen MR) is 109 cm³/mol. The molecule has 1 heterocycles. The standard InChI is InChI=1S/C22H25N3O3/c1-4-26-20-14-21(27-5-2)25-22(24-20)28-19-9-7-6-8-17(19)15-23-18-12-10-16(3)11-13-18/h6-14,23H,4-5,15H2,1-3H3. The van der Waals surface area contributed by atoms with Crippen LogP contribution in [0.3, 0.4) is 0 Å². The Morgan fingerprint density at radius 1 is 0.857 bits per heavy atom. The molecular formula is C22H25N3O3. The van der Waals surface area contributed by atoms with Crippen molar-refractivity contribution < 1.29 is 14.2 Å². The number of aryl methyl sites for hydroxylation is 1. The predicted octanol–water partition coefficient (Wildman–Crippen LogP) is 4.99. The van der Waals surface area contributed by atoms with Gasteiger partial charge >= 0.3 is 6.01 Å². The molecule has 6 nitrogen and oxygen atoms in total. The smallest absolute Gasteiger partial charge is 0.328 e. The normalized spacial score (nSPS) is 10.4. The molecule has 0 atom stereocenters. The SMILES string of the molecule is CCOc1cc(OCC)nc(Oc2ccccc2CNc2ccc(C)cc2)n1. The van der Waals surface area contributed by atoms with Gasteiger partial charge in [0.15, 0.2) is 0 Å². The summed E-state index contributed by atoms with van der Waals surface area (Å²) in [6.07, 6.45) is 0. The Morgan fingerprint density at radius 2 is 1.50 bits per heavy atom. The molecule has 3 rings (SSSR count). The monoisotopic (exact) mass is 379 g/mol. The maximum atomic E-state index is 5.97. The maximum Gasteiger partial charge on any atom is 0.328 e. The first-order valence-electron chi connectivity index (χ1n) is 9.39. The Hall–Kier alpha value is -3.28. The molecule has 28 heavy (non-hydrogen) atoms. The van der Waals surface area contributed by atoms with Gasteiger partial charge < -0.3 is 19.5 Å². The fourth-order valence-corrected chi connectivity index (χ4v) is 2.59. The van der Waals surface area contributed by atoms with Crippen molar-refractivity contribution in [1.82, 2.24) is 9.97 Å². The number of benzene rings is 2. The first-order chi connectivity index (χ1) is 13.7. The van der Waals surface area contributed by atoms with Crippen LogP contribution in [0.5, 0.6) is 23.5 Å². The molecule has 0 aliphatic carbocycles. The van der Waals surface area contributed by atoms with Crippen molar-refractivity contribution in [3.63, 3.8) is 0 Å². The molecule has 3 aromatic rings. The molecule has 0 aliphatic rings. The molecule has 146 valence electrons. The average molecular weight is 379 g/mol. The third kappa shape index (κ3) is 5.36. The molecule has 0 fully saturated rings. The average Bonchev–Trinajstić information content (AvgIpc) is 2.69. The third-order valence-corrected chi connectivity index (χ3v) is 3.95. The molecule has 0 unspecified atom stereocenters. The summed E-state index contributed by atoms with van der Waals surface area (Å²) in [4.78, 5) is 8.63. The number of hydrogen-bond acceptors (Lipinski definition) is 6. The first kappa shape index (κ1) is 19.5. The lowest BCUT2D eigenvalue weighted by Crippen LogP contribution is -2.04. The Balaban J connectivity index is 1.78. The van der Waals surface area contributed by atoms with Gasteiger partial charge in [0.05, 0.1) is 19.3 Å². The molecule has 1 N–H and O–H groups in total. The molecule has 0 radical (unpaired) electrons. The highest BCUT2D eigenvalue weighted by molar-refractivity contribution is 5.46. The first-order valence-corrected chi connectivity index (χ1v) is 9.39. The topological polar surface area (TPSA) is 65.5 Å². The van der Waals surface area contributed by atoms with Crippen LogP contribution in [0.25, 0.3) is 0 Å². The van der Waals surface area contributed by atoms with Gasteiger partial charge in [-0.3, -0.25) is 0 Å². The van der Waals surface area contributed by atoms with E-state index in [-0.39, 0.29) is 6.01 Å². The van der Waals surface area contributed by atoms with Crippen LogP contribution in [0.4, 0.5) is 5.69 Å². The van der Waals surface area contributed by atoms with Gasteiger partial charge in [0.1, 0.15) is 5.75 Å². The van der Waals surface area contributed by atoms with E-state index in [4.69, 9.17) is 14.2 Å². The van der Waals surface area contributed by atoms with E-state index in [0.29, 0.717) is 37.3 Å². The summed E-state index contributed by atoms with van der Waals surface area (Å²) in [5, 5.41) is 3.41. The zero-order chi connectivity index (χ0) is 19.8. The minimum Gasteiger partial charge on any atom is -0.478 e. The number of nitrogens with zero attached hydrogens (tertiary/aromatic N) is 2. The molecule has 0 saturated heterocycles. The van der Waals surface area contributed by atoms with Crippen LogP contribution in [0.15, 0.2) is 54.6 Å². The van der Waals surface area contributed by atoms with Gasteiger partial charge in [-0.25, -0.2) is 0 Å². The van der Waals surface area contributed by atoms with Crippen molar-refractivity contribution in [3.8, 4) is 23.5 Å². The largest absolute Gasteiger partial charge is 0.478 e. The Kier molecular flexibility index (Phi) is 6.68. The quantitative estimate of drug-likeness (QED) is 0.565. The van der Waals surface area contributed by atoms with E-state index < -0.39 is 0 Å². The zero-order valence-electron chi connectivity index (χ0n) is 16.4. The lowest BCUT2D eigenvalue weighted by Gasteiger charge is -2.13. The molecule has 0 bridgehead atoms. The molecule has 1 aromatic heterocycles. The van der Waals surface area contributed by atoms with Gasteiger partial charge in [-0.2, -0.15) is 9.97 Å². The summed E-state index contributed by atoms with van der Waals surface area (Å²) in [7, 11) is 0. The molecule has 0 aliphatic heterocycles. The van der Waals surface area contributed by atoms with Crippen LogP contribution in [0.2, 0.25) is 0 Å². The van der Waals surface area contributed by atoms with Crippen molar-refractivity contribution in [2.75, 3.05) is 18.5 Å². The van der Waals surface area contributed by atoms with E-state index in [1.54, 1.807) is 6.07 Å². The molecular weight excluding hydrogens is 354 g/mol. The van der Waals surface area contributed by atoms with Gasteiger partial charge in [0.2, 0.25) is 11.8 Å². The van der Waals surface area contributed by atoms with E-state index in [1.807, 2.05) is 38.1 Å². The summed E-state index contributed by atoms with van der Waals surface area (Å²) in [5.74, 6) is 1.52. The fraction of sp³-hybridized carbons (Fsp3) is 0.273. The summed E-state index contributed by atoms with van der Waals surface area (Å²) in [6.45, 7) is 7.48. The van der Waals surface area contributed by atoms with Crippen molar-refractivity contribution in [2.45, 2.75) is 27.3 Å². The molecule has 0 amide bonds. The van der Waals surface area contributed by atoms with Crippen LogP contribution < -0.4 is 19.5 Å². The van der Waals surface area contributed by atoms with Gasteiger partial charge in [0.25, 0.3) is 0 Å². The number of hydrogen-bond donors (Lipinski definition) is 1. The Labute approximate surface area is 165 Å². The number of nitrogens with one attached hydrogen (secondary N) is 1. The van der Waals surface area contributed by atoms with Gasteiger partial charge in [-0.05, 0) is 39.0 Å². The molecule has 0 spiro atoms. The highest BCUT2D eigenvalue weighted by atomic mass is 16.5. The van der Waals surface area contributed by atoms with Crippen molar-refractivity contribution in [3.05, 3.63) is 65.7 Å². The second-order valence-corrected chi connectivity index (χ2v) is 6.12. The molecule has 0 saturated carbocycles. The summed E-state index contributed by atoms with van der Waals surface area (Å²) in [6, 6.07) is 17.9. The zero-order valence-corrected chi connectivity index (χ0v) is 16.4. The minimum absolute atomic E-state index is 0.192. The van der Waals surface area contributed by atoms with Crippen LogP contribution in [0.1, 0.15) is 25.0 Å². The second kappa shape index (κ2) is 9.60. The van der Waals surface area contributed by atoms with Crippen molar-refractivity contribution in [1.29, 1.82) is 0 Å². The highest BCUT2D eigenvalue weighted by Crippen LogP contribution is 2.27. The summed E-state index contributed by atoms with van der Waals surface area (Å²) in [5.41, 5.74) is 3.27. The highest BCUT2D eigenvalue weighted by Gasteiger charge is 2.11. The summed E-state index contributed by atoms with van der Waals surface area (Å²) >= 11 is 0. The lowest BCUT2D eigenvalue weighted by molar-refractivity contribution is 0.293. The summed E-state index contributed by atoms with van der Waals surface area (Å²) < 4.78 is 17.0. The molecule has 6 heteroatoms. The van der Waals surface area contributed by atoms with E-state index in [0.717, 1.165) is 11.3 Å². The van der Waals surface area contributed by atoms with Gasteiger partial charge in [-0.15, -0.1) is 0 Å². The van der Waals surface area contributed by atoms with E-state index in [9.17, 15) is 0 Å². The Morgan fingerprint density at radius 3 is 2.14 bits per heavy atom. The maximum absolute atomic E-state index is 5.97. The van der Waals surface area contributed by atoms with E-state index >= 15 is 0 Å². The van der Waals surface area contributed by atoms with Gasteiger partial charge in [-0.1, -0.05) is 35.9 Å². The molecule has 2 aromatic carbocycles. The minimum atomic E-state index is 0.192. The van der Waals surface area contributed by atoms with E-state index in [2.05, 4.69) is 46.5 Å². The fourth-order valence-electron chi connectivity index (χ4n) is 2.59. The third-order valence-electron chi connectivity index (χ3n) is 3.95. The lowest BCUT2D eigenvalue weighted by atomic mass is 10.2.